The van der Waals surface area contributed by atoms with Gasteiger partial charge in [-0.15, -0.1) is 0 Å². The SMILES string of the molecule is COc1ccc(C(=O)CNc2cccc(I)c2)cc1Br. The van der Waals surface area contributed by atoms with Crippen LogP contribution in [0, 0.1) is 3.57 Å². The van der Waals surface area contributed by atoms with Crippen LogP contribution in [0.2, 0.25) is 0 Å². The van der Waals surface area contributed by atoms with E-state index in [2.05, 4.69) is 43.8 Å². The van der Waals surface area contributed by atoms with Crippen LogP contribution >= 0.6 is 38.5 Å². The largest absolute Gasteiger partial charge is 0.496 e. The molecule has 1 N–H and O–H groups in total. The molecule has 5 heteroatoms. The van der Waals surface area contributed by atoms with E-state index in [4.69, 9.17) is 4.74 Å². The van der Waals surface area contributed by atoms with Crippen LogP contribution in [0.1, 0.15) is 10.4 Å². The van der Waals surface area contributed by atoms with Crippen LogP contribution in [-0.4, -0.2) is 19.4 Å². The first-order valence-corrected chi connectivity index (χ1v) is 7.83. The zero-order valence-electron chi connectivity index (χ0n) is 10.8. The third-order valence-corrected chi connectivity index (χ3v) is 4.04. The van der Waals surface area contributed by atoms with Gasteiger partial charge < -0.3 is 10.1 Å². The first-order valence-electron chi connectivity index (χ1n) is 5.96. The van der Waals surface area contributed by atoms with Gasteiger partial charge in [0.25, 0.3) is 0 Å². The van der Waals surface area contributed by atoms with E-state index in [0.29, 0.717) is 11.3 Å². The van der Waals surface area contributed by atoms with Crippen molar-refractivity contribution in [3.8, 4) is 5.75 Å². The number of ketones is 1. The van der Waals surface area contributed by atoms with Crippen LogP contribution in [0.4, 0.5) is 5.69 Å². The highest BCUT2D eigenvalue weighted by Gasteiger charge is 2.08. The Balaban J connectivity index is 2.03. The second-order valence-corrected chi connectivity index (χ2v) is 6.24. The fourth-order valence-corrected chi connectivity index (χ4v) is 2.81. The quantitative estimate of drug-likeness (QED) is 0.549. The molecule has 0 aromatic heterocycles. The van der Waals surface area contributed by atoms with Gasteiger partial charge in [-0.05, 0) is 74.9 Å². The summed E-state index contributed by atoms with van der Waals surface area (Å²) in [6.45, 7) is 0.263. The number of carbonyl (C=O) groups excluding carboxylic acids is 1. The third-order valence-electron chi connectivity index (χ3n) is 2.75. The van der Waals surface area contributed by atoms with Gasteiger partial charge in [-0.1, -0.05) is 6.07 Å². The average molecular weight is 446 g/mol. The Morgan fingerprint density at radius 1 is 1.30 bits per heavy atom. The van der Waals surface area contributed by atoms with Crippen molar-refractivity contribution in [2.75, 3.05) is 19.0 Å². The molecule has 0 aliphatic carbocycles. The topological polar surface area (TPSA) is 38.3 Å². The maximum atomic E-state index is 12.1. The lowest BCUT2D eigenvalue weighted by Crippen LogP contribution is -2.14. The minimum absolute atomic E-state index is 0.0345. The molecule has 0 amide bonds. The summed E-state index contributed by atoms with van der Waals surface area (Å²) in [5, 5.41) is 3.13. The first-order chi connectivity index (χ1) is 9.60. The maximum absolute atomic E-state index is 12.1. The number of hydrogen-bond donors (Lipinski definition) is 1. The molecule has 0 spiro atoms. The van der Waals surface area contributed by atoms with E-state index in [1.807, 2.05) is 24.3 Å². The molecule has 0 saturated heterocycles. The molecule has 3 nitrogen and oxygen atoms in total. The minimum Gasteiger partial charge on any atom is -0.496 e. The summed E-state index contributed by atoms with van der Waals surface area (Å²) in [4.78, 5) is 12.1. The predicted octanol–water partition coefficient (Wildman–Crippen LogP) is 4.36. The van der Waals surface area contributed by atoms with Gasteiger partial charge in [-0.2, -0.15) is 0 Å². The second-order valence-electron chi connectivity index (χ2n) is 4.14. The first kappa shape index (κ1) is 15.3. The summed E-state index contributed by atoms with van der Waals surface area (Å²) in [7, 11) is 1.60. The number of anilines is 1. The van der Waals surface area contributed by atoms with Gasteiger partial charge in [0.15, 0.2) is 5.78 Å². The van der Waals surface area contributed by atoms with Crippen molar-refractivity contribution in [3.05, 3.63) is 56.1 Å². The number of carbonyl (C=O) groups is 1. The van der Waals surface area contributed by atoms with E-state index in [1.165, 1.54) is 0 Å². The van der Waals surface area contributed by atoms with Gasteiger partial charge in [0.1, 0.15) is 5.75 Å². The van der Waals surface area contributed by atoms with Crippen LogP contribution in [0.3, 0.4) is 0 Å². The predicted molar refractivity (Wildman–Crippen MR) is 92.7 cm³/mol. The summed E-state index contributed by atoms with van der Waals surface area (Å²) in [6.07, 6.45) is 0. The van der Waals surface area contributed by atoms with Crippen LogP contribution in [0.25, 0.3) is 0 Å². The van der Waals surface area contributed by atoms with E-state index in [1.54, 1.807) is 25.3 Å². The average Bonchev–Trinajstić information content (AvgIpc) is 2.44. The molecule has 0 unspecified atom stereocenters. The number of ether oxygens (including phenoxy) is 1. The summed E-state index contributed by atoms with van der Waals surface area (Å²) in [5.41, 5.74) is 1.59. The Morgan fingerprint density at radius 2 is 2.10 bits per heavy atom. The summed E-state index contributed by atoms with van der Waals surface area (Å²) >= 11 is 5.62. The smallest absolute Gasteiger partial charge is 0.181 e. The normalized spacial score (nSPS) is 10.2. The van der Waals surface area contributed by atoms with Gasteiger partial charge in [-0.3, -0.25) is 4.79 Å². The van der Waals surface area contributed by atoms with Crippen molar-refractivity contribution in [1.29, 1.82) is 0 Å². The van der Waals surface area contributed by atoms with Crippen molar-refractivity contribution < 1.29 is 9.53 Å². The zero-order valence-corrected chi connectivity index (χ0v) is 14.6. The molecule has 2 aromatic rings. The monoisotopic (exact) mass is 445 g/mol. The molecule has 104 valence electrons. The fourth-order valence-electron chi connectivity index (χ4n) is 1.72. The Morgan fingerprint density at radius 3 is 2.75 bits per heavy atom. The highest BCUT2D eigenvalue weighted by molar-refractivity contribution is 14.1. The number of methoxy groups -OCH3 is 1. The lowest BCUT2D eigenvalue weighted by atomic mass is 10.1. The van der Waals surface area contributed by atoms with Crippen molar-refractivity contribution in [3.63, 3.8) is 0 Å². The molecule has 0 fully saturated rings. The molecule has 0 atom stereocenters. The van der Waals surface area contributed by atoms with Gasteiger partial charge in [0, 0.05) is 14.8 Å². The highest BCUT2D eigenvalue weighted by atomic mass is 127. The van der Waals surface area contributed by atoms with E-state index in [-0.39, 0.29) is 12.3 Å². The molecule has 0 aliphatic rings. The van der Waals surface area contributed by atoms with Crippen LogP contribution < -0.4 is 10.1 Å². The number of hydrogen-bond acceptors (Lipinski definition) is 3. The summed E-state index contributed by atoms with van der Waals surface area (Å²) in [5.74, 6) is 0.749. The van der Waals surface area contributed by atoms with Gasteiger partial charge >= 0.3 is 0 Å². The van der Waals surface area contributed by atoms with Crippen LogP contribution in [0.5, 0.6) is 5.75 Å². The van der Waals surface area contributed by atoms with Crippen molar-refractivity contribution in [1.82, 2.24) is 0 Å². The molecule has 0 heterocycles. The van der Waals surface area contributed by atoms with Gasteiger partial charge in [-0.25, -0.2) is 0 Å². The Bertz CT molecular complexity index is 631. The molecule has 0 bridgehead atoms. The molecule has 2 aromatic carbocycles. The molecule has 20 heavy (non-hydrogen) atoms. The molecule has 2 rings (SSSR count). The number of halogens is 2. The Hall–Kier alpha value is -1.08. The molecule has 0 radical (unpaired) electrons. The molecular weight excluding hydrogens is 433 g/mol. The van der Waals surface area contributed by atoms with Crippen LogP contribution in [-0.2, 0) is 0 Å². The van der Waals surface area contributed by atoms with Crippen molar-refractivity contribution in [2.24, 2.45) is 0 Å². The summed E-state index contributed by atoms with van der Waals surface area (Å²) < 4.78 is 7.06. The van der Waals surface area contributed by atoms with E-state index in [0.717, 1.165) is 13.7 Å². The number of rotatable bonds is 5. The number of nitrogens with one attached hydrogen (secondary N) is 1. The van der Waals surface area contributed by atoms with E-state index >= 15 is 0 Å². The number of benzene rings is 2. The van der Waals surface area contributed by atoms with Gasteiger partial charge in [0.05, 0.1) is 18.1 Å². The second kappa shape index (κ2) is 7.08. The molecule has 0 saturated carbocycles. The maximum Gasteiger partial charge on any atom is 0.181 e. The zero-order chi connectivity index (χ0) is 14.5. The van der Waals surface area contributed by atoms with Gasteiger partial charge in [0.2, 0.25) is 0 Å². The standard InChI is InChI=1S/C15H13BrINO2/c1-20-15-6-5-10(7-13(15)16)14(19)9-18-12-4-2-3-11(17)8-12/h2-8,18H,9H2,1H3. The third kappa shape index (κ3) is 3.96. The van der Waals surface area contributed by atoms with Crippen molar-refractivity contribution >= 4 is 50.0 Å². The lowest BCUT2D eigenvalue weighted by molar-refractivity contribution is 0.101. The Kier molecular flexibility index (Phi) is 5.42. The van der Waals surface area contributed by atoms with Crippen molar-refractivity contribution in [2.45, 2.75) is 0 Å². The Labute approximate surface area is 140 Å². The summed E-state index contributed by atoms with van der Waals surface area (Å²) in [6, 6.07) is 13.2. The number of Topliss-reactive ketones (excluding diaryl/α,β-unsaturated/α-hetero) is 1. The van der Waals surface area contributed by atoms with E-state index in [9.17, 15) is 4.79 Å². The minimum atomic E-state index is 0.0345. The molecule has 0 aliphatic heterocycles. The molecular formula is C15H13BrINO2. The van der Waals surface area contributed by atoms with Crippen LogP contribution in [0.15, 0.2) is 46.9 Å². The fraction of sp³-hybridized carbons (Fsp3) is 0.133. The highest BCUT2D eigenvalue weighted by Crippen LogP contribution is 2.25. The van der Waals surface area contributed by atoms with E-state index < -0.39 is 0 Å². The lowest BCUT2D eigenvalue weighted by Gasteiger charge is -2.08.